The third kappa shape index (κ3) is 4.46. The number of methoxy groups -OCH3 is 1. The highest BCUT2D eigenvalue weighted by Crippen LogP contribution is 2.24. The molecule has 1 aliphatic rings. The van der Waals surface area contributed by atoms with Crippen molar-refractivity contribution in [2.24, 2.45) is 10.2 Å². The molecule has 6 nitrogen and oxygen atoms in total. The summed E-state index contributed by atoms with van der Waals surface area (Å²) in [5, 5.41) is 9.95. The molecule has 0 bridgehead atoms. The lowest BCUT2D eigenvalue weighted by Gasteiger charge is -2.02. The number of amides is 1. The van der Waals surface area contributed by atoms with Gasteiger partial charge in [-0.15, -0.1) is 5.10 Å². The second kappa shape index (κ2) is 7.63. The molecule has 1 saturated heterocycles. The van der Waals surface area contributed by atoms with Crippen molar-refractivity contribution in [1.82, 2.24) is 5.32 Å². The summed E-state index contributed by atoms with van der Waals surface area (Å²) in [5.41, 5.74) is 0.0670. The van der Waals surface area contributed by atoms with Crippen LogP contribution in [0.15, 0.2) is 45.4 Å². The molecule has 0 aliphatic carbocycles. The van der Waals surface area contributed by atoms with E-state index in [-0.39, 0.29) is 21.2 Å². The number of amidine groups is 1. The molecule has 0 atom stereocenters. The molecule has 0 saturated carbocycles. The molecule has 0 radical (unpaired) electrons. The maximum atomic E-state index is 12.8. The molecule has 120 valence electrons. The Labute approximate surface area is 134 Å². The number of ether oxygens (including phenoxy) is 1. The zero-order chi connectivity index (χ0) is 16.8. The minimum absolute atomic E-state index is 0.110. The number of carbonyl (C=O) groups is 2. The van der Waals surface area contributed by atoms with Gasteiger partial charge in [0.15, 0.2) is 5.17 Å². The van der Waals surface area contributed by atoms with E-state index in [0.717, 1.165) is 17.8 Å². The molecule has 1 aliphatic heterocycles. The highest BCUT2D eigenvalue weighted by Gasteiger charge is 2.25. The number of halogens is 2. The Kier molecular flexibility index (Phi) is 5.58. The van der Waals surface area contributed by atoms with Crippen LogP contribution < -0.4 is 5.32 Å². The zero-order valence-electron chi connectivity index (χ0n) is 11.8. The summed E-state index contributed by atoms with van der Waals surface area (Å²) in [6.07, 6.45) is -0.429. The quantitative estimate of drug-likeness (QED) is 0.395. The number of esters is 1. The van der Waals surface area contributed by atoms with Crippen LogP contribution in [-0.4, -0.2) is 30.4 Å². The normalized spacial score (nSPS) is 18.2. The lowest BCUT2D eigenvalue weighted by atomic mass is 10.1. The van der Waals surface area contributed by atoms with Gasteiger partial charge < -0.3 is 4.74 Å². The van der Waals surface area contributed by atoms with E-state index in [4.69, 9.17) is 0 Å². The Morgan fingerprint density at radius 3 is 2.83 bits per heavy atom. The Hall–Kier alpha value is -2.55. The molecule has 1 aromatic rings. The van der Waals surface area contributed by atoms with Crippen LogP contribution in [0.1, 0.15) is 17.6 Å². The second-order valence-electron chi connectivity index (χ2n) is 4.17. The van der Waals surface area contributed by atoms with Gasteiger partial charge in [0.2, 0.25) is 0 Å². The fraction of sp³-hybridized carbons (Fsp3) is 0.143. The largest absolute Gasteiger partial charge is 0.466 e. The van der Waals surface area contributed by atoms with Gasteiger partial charge in [-0.05, 0) is 11.8 Å². The third-order valence-electron chi connectivity index (χ3n) is 2.68. The van der Waals surface area contributed by atoms with Crippen LogP contribution in [0, 0.1) is 0 Å². The molecule has 0 spiro atoms. The van der Waals surface area contributed by atoms with Crippen molar-refractivity contribution in [2.75, 3.05) is 7.11 Å². The van der Waals surface area contributed by atoms with Crippen LogP contribution in [0.5, 0.6) is 0 Å². The van der Waals surface area contributed by atoms with Crippen molar-refractivity contribution in [3.05, 3.63) is 46.4 Å². The van der Waals surface area contributed by atoms with E-state index in [9.17, 15) is 18.4 Å². The predicted molar refractivity (Wildman–Crippen MR) is 82.3 cm³/mol. The number of benzene rings is 1. The van der Waals surface area contributed by atoms with Crippen molar-refractivity contribution in [3.63, 3.8) is 0 Å². The van der Waals surface area contributed by atoms with E-state index in [1.165, 1.54) is 31.5 Å². The molecular weight excluding hydrogens is 328 g/mol. The van der Waals surface area contributed by atoms with Crippen molar-refractivity contribution >= 4 is 35.0 Å². The third-order valence-corrected chi connectivity index (χ3v) is 3.58. The molecule has 1 fully saturated rings. The first-order valence-corrected chi connectivity index (χ1v) is 7.10. The van der Waals surface area contributed by atoms with Gasteiger partial charge in [-0.3, -0.25) is 10.1 Å². The summed E-state index contributed by atoms with van der Waals surface area (Å²) in [4.78, 5) is 22.8. The SMILES string of the molecule is COC(=O)/C=C1/S/C(=N\N=Cc2ccccc2C(F)F)NC1=O. The Balaban J connectivity index is 2.11. The molecule has 1 aromatic carbocycles. The van der Waals surface area contributed by atoms with Crippen LogP contribution in [0.4, 0.5) is 8.78 Å². The first kappa shape index (κ1) is 16.8. The molecule has 1 amide bonds. The lowest BCUT2D eigenvalue weighted by Crippen LogP contribution is -2.19. The summed E-state index contributed by atoms with van der Waals surface area (Å²) in [7, 11) is 1.19. The summed E-state index contributed by atoms with van der Waals surface area (Å²) in [5.74, 6) is -1.18. The Bertz CT molecular complexity index is 717. The van der Waals surface area contributed by atoms with E-state index >= 15 is 0 Å². The second-order valence-corrected chi connectivity index (χ2v) is 5.20. The van der Waals surface area contributed by atoms with Gasteiger partial charge in [0.05, 0.1) is 18.2 Å². The Morgan fingerprint density at radius 2 is 2.13 bits per heavy atom. The molecule has 23 heavy (non-hydrogen) atoms. The lowest BCUT2D eigenvalue weighted by molar-refractivity contribution is -0.135. The number of hydrogen-bond acceptors (Lipinski definition) is 6. The number of nitrogens with one attached hydrogen (secondary N) is 1. The molecule has 9 heteroatoms. The first-order valence-electron chi connectivity index (χ1n) is 6.28. The van der Waals surface area contributed by atoms with Crippen LogP contribution in [-0.2, 0) is 14.3 Å². The van der Waals surface area contributed by atoms with Gasteiger partial charge in [0.25, 0.3) is 12.3 Å². The minimum atomic E-state index is -2.62. The smallest absolute Gasteiger partial charge is 0.331 e. The van der Waals surface area contributed by atoms with Gasteiger partial charge in [-0.25, -0.2) is 13.6 Å². The maximum Gasteiger partial charge on any atom is 0.331 e. The molecule has 0 unspecified atom stereocenters. The number of carbonyl (C=O) groups excluding carboxylic acids is 2. The molecule has 2 rings (SSSR count). The van der Waals surface area contributed by atoms with Crippen molar-refractivity contribution in [2.45, 2.75) is 6.43 Å². The maximum absolute atomic E-state index is 12.8. The van der Waals surface area contributed by atoms with Crippen LogP contribution in [0.3, 0.4) is 0 Å². The molecule has 0 aromatic heterocycles. The zero-order valence-corrected chi connectivity index (χ0v) is 12.6. The highest BCUT2D eigenvalue weighted by atomic mass is 32.2. The number of alkyl halides is 2. The van der Waals surface area contributed by atoms with Crippen molar-refractivity contribution in [1.29, 1.82) is 0 Å². The fourth-order valence-corrected chi connectivity index (χ4v) is 2.35. The summed E-state index contributed by atoms with van der Waals surface area (Å²) >= 11 is 0.896. The minimum Gasteiger partial charge on any atom is -0.466 e. The van der Waals surface area contributed by atoms with Crippen molar-refractivity contribution in [3.8, 4) is 0 Å². The average Bonchev–Trinajstić information content (AvgIpc) is 2.87. The summed E-state index contributed by atoms with van der Waals surface area (Å²) < 4.78 is 30.0. The Morgan fingerprint density at radius 1 is 1.39 bits per heavy atom. The number of nitrogens with zero attached hydrogens (tertiary/aromatic N) is 2. The van der Waals surface area contributed by atoms with E-state index in [0.29, 0.717) is 0 Å². The van der Waals surface area contributed by atoms with E-state index in [1.54, 1.807) is 6.07 Å². The van der Waals surface area contributed by atoms with Gasteiger partial charge in [0, 0.05) is 17.2 Å². The average molecular weight is 339 g/mol. The topological polar surface area (TPSA) is 80.1 Å². The molecular formula is C14H11F2N3O3S. The first-order chi connectivity index (χ1) is 11.0. The predicted octanol–water partition coefficient (Wildman–Crippen LogP) is 2.23. The van der Waals surface area contributed by atoms with Crippen LogP contribution in [0.25, 0.3) is 0 Å². The fourth-order valence-electron chi connectivity index (χ4n) is 1.61. The number of hydrogen-bond donors (Lipinski definition) is 1. The standard InChI is InChI=1S/C14H11F2N3O3S/c1-22-11(20)6-10-13(21)18-14(23-10)19-17-7-8-4-2-3-5-9(8)12(15)16/h2-7,12H,1H3,(H,18,19,21)/b10-6+,17-7?. The van der Waals surface area contributed by atoms with Crippen LogP contribution >= 0.6 is 11.8 Å². The van der Waals surface area contributed by atoms with Gasteiger partial charge >= 0.3 is 5.97 Å². The monoisotopic (exact) mass is 339 g/mol. The highest BCUT2D eigenvalue weighted by molar-refractivity contribution is 8.18. The number of rotatable bonds is 4. The van der Waals surface area contributed by atoms with Gasteiger partial charge in [0.1, 0.15) is 0 Å². The van der Waals surface area contributed by atoms with E-state index in [2.05, 4.69) is 20.3 Å². The van der Waals surface area contributed by atoms with Gasteiger partial charge in [-0.1, -0.05) is 24.3 Å². The van der Waals surface area contributed by atoms with E-state index < -0.39 is 18.3 Å². The van der Waals surface area contributed by atoms with E-state index in [1.807, 2.05) is 0 Å². The number of thioether (sulfide) groups is 1. The molecule has 1 N–H and O–H groups in total. The van der Waals surface area contributed by atoms with Gasteiger partial charge in [-0.2, -0.15) is 5.10 Å². The van der Waals surface area contributed by atoms with Crippen molar-refractivity contribution < 1.29 is 23.1 Å². The molecule has 1 heterocycles. The van der Waals surface area contributed by atoms with Crippen LogP contribution in [0.2, 0.25) is 0 Å². The summed E-state index contributed by atoms with van der Waals surface area (Å²) in [6.45, 7) is 0. The summed E-state index contributed by atoms with van der Waals surface area (Å²) in [6, 6.07) is 5.88.